The summed E-state index contributed by atoms with van der Waals surface area (Å²) >= 11 is 0. The van der Waals surface area contributed by atoms with E-state index < -0.39 is 42.6 Å². The van der Waals surface area contributed by atoms with Gasteiger partial charge in [-0.3, -0.25) is 9.59 Å². The highest BCUT2D eigenvalue weighted by Gasteiger charge is 2.35. The van der Waals surface area contributed by atoms with Gasteiger partial charge < -0.3 is 25.5 Å². The van der Waals surface area contributed by atoms with Crippen molar-refractivity contribution in [2.45, 2.75) is 31.3 Å². The zero-order valence-corrected chi connectivity index (χ0v) is 8.07. The van der Waals surface area contributed by atoms with Crippen molar-refractivity contribution in [3.63, 3.8) is 0 Å². The molecule has 0 aliphatic carbocycles. The van der Waals surface area contributed by atoms with Gasteiger partial charge in [0.05, 0.1) is 6.61 Å². The molecule has 0 heterocycles. The van der Waals surface area contributed by atoms with Gasteiger partial charge in [0.15, 0.2) is 17.7 Å². The summed E-state index contributed by atoms with van der Waals surface area (Å²) in [6.07, 6.45) is -7.83. The number of aliphatic hydroxyl groups excluding tert-OH is 5. The smallest absolute Gasteiger partial charge is 0.199 e. The number of hydrogen-bond acceptors (Lipinski definition) is 7. The summed E-state index contributed by atoms with van der Waals surface area (Å²) in [5.74, 6) is -2.20. The topological polar surface area (TPSA) is 135 Å². The van der Waals surface area contributed by atoms with E-state index in [2.05, 4.69) is 0 Å². The van der Waals surface area contributed by atoms with Crippen molar-refractivity contribution in [3.8, 4) is 0 Å². The van der Waals surface area contributed by atoms with Crippen molar-refractivity contribution in [1.29, 1.82) is 0 Å². The molecule has 0 spiro atoms. The standard InChI is InChI=1S/C8H14O7/c1-3(10)5(12)7(14)8(15)6(13)4(11)2-9/h4-6,8-9,11-13,15H,2H2,1H3/t4-,5?,6-,8+/m1/s1. The lowest BCUT2D eigenvalue weighted by Gasteiger charge is -2.21. The van der Waals surface area contributed by atoms with Crippen LogP contribution in [-0.2, 0) is 9.59 Å². The molecule has 4 atom stereocenters. The van der Waals surface area contributed by atoms with Crippen LogP contribution in [0.1, 0.15) is 6.92 Å². The van der Waals surface area contributed by atoms with Crippen molar-refractivity contribution >= 4 is 11.6 Å². The number of carbonyl (C=O) groups is 2. The zero-order chi connectivity index (χ0) is 12.2. The molecule has 0 amide bonds. The molecule has 1 unspecified atom stereocenters. The minimum Gasteiger partial charge on any atom is -0.394 e. The van der Waals surface area contributed by atoms with Crippen molar-refractivity contribution in [3.05, 3.63) is 0 Å². The van der Waals surface area contributed by atoms with E-state index in [9.17, 15) is 9.59 Å². The Morgan fingerprint density at radius 2 is 1.60 bits per heavy atom. The summed E-state index contributed by atoms with van der Waals surface area (Å²) < 4.78 is 0. The molecule has 0 saturated carbocycles. The SMILES string of the molecule is CC(=O)C(O)C(=O)[C@@H](O)[C@H](O)[C@H](O)CO. The lowest BCUT2D eigenvalue weighted by Crippen LogP contribution is -2.48. The van der Waals surface area contributed by atoms with E-state index in [0.29, 0.717) is 0 Å². The average Bonchev–Trinajstić information content (AvgIpc) is 2.23. The number of Topliss-reactive ketones (excluding diaryl/α,β-unsaturated/α-hetero) is 2. The molecule has 0 saturated heterocycles. The summed E-state index contributed by atoms with van der Waals surface area (Å²) in [6.45, 7) is 0.0752. The largest absolute Gasteiger partial charge is 0.394 e. The van der Waals surface area contributed by atoms with Crippen LogP contribution >= 0.6 is 0 Å². The van der Waals surface area contributed by atoms with Gasteiger partial charge in [-0.1, -0.05) is 0 Å². The first-order valence-corrected chi connectivity index (χ1v) is 4.20. The molecule has 0 bridgehead atoms. The number of rotatable bonds is 6. The van der Waals surface area contributed by atoms with Crippen LogP contribution in [0, 0.1) is 0 Å². The molecule has 7 heteroatoms. The molecule has 0 rings (SSSR count). The molecular formula is C8H14O7. The van der Waals surface area contributed by atoms with Crippen molar-refractivity contribution in [2.24, 2.45) is 0 Å². The van der Waals surface area contributed by atoms with Crippen molar-refractivity contribution in [2.75, 3.05) is 6.61 Å². The highest BCUT2D eigenvalue weighted by molar-refractivity contribution is 6.06. The van der Waals surface area contributed by atoms with Crippen LogP contribution in [0.3, 0.4) is 0 Å². The summed E-state index contributed by atoms with van der Waals surface area (Å²) in [5, 5.41) is 44.5. The Morgan fingerprint density at radius 1 is 1.13 bits per heavy atom. The zero-order valence-electron chi connectivity index (χ0n) is 8.07. The van der Waals surface area contributed by atoms with Gasteiger partial charge in [0.2, 0.25) is 0 Å². The molecule has 0 fully saturated rings. The third-order valence-corrected chi connectivity index (χ3v) is 1.85. The first kappa shape index (κ1) is 14.1. The molecule has 0 aliphatic rings. The summed E-state index contributed by atoms with van der Waals surface area (Å²) in [6, 6.07) is 0. The van der Waals surface area contributed by atoms with E-state index in [-0.39, 0.29) is 0 Å². The predicted octanol–water partition coefficient (Wildman–Crippen LogP) is -3.42. The van der Waals surface area contributed by atoms with Crippen molar-refractivity contribution in [1.82, 2.24) is 0 Å². The first-order chi connectivity index (χ1) is 6.82. The molecular weight excluding hydrogens is 208 g/mol. The number of hydrogen-bond donors (Lipinski definition) is 5. The van der Waals surface area contributed by atoms with E-state index in [4.69, 9.17) is 25.5 Å². The fourth-order valence-electron chi connectivity index (χ4n) is 0.849. The number of carbonyl (C=O) groups excluding carboxylic acids is 2. The van der Waals surface area contributed by atoms with Crippen LogP contribution < -0.4 is 0 Å². The van der Waals surface area contributed by atoms with Gasteiger partial charge in [-0.25, -0.2) is 0 Å². The normalized spacial score (nSPS) is 19.1. The van der Waals surface area contributed by atoms with E-state index in [1.165, 1.54) is 0 Å². The second kappa shape index (κ2) is 5.89. The minimum atomic E-state index is -2.12. The summed E-state index contributed by atoms with van der Waals surface area (Å²) in [5.41, 5.74) is 0. The molecule has 88 valence electrons. The van der Waals surface area contributed by atoms with Crippen LogP contribution in [-0.4, -0.2) is 68.1 Å². The Morgan fingerprint density at radius 3 is 1.93 bits per heavy atom. The Bertz CT molecular complexity index is 239. The third-order valence-electron chi connectivity index (χ3n) is 1.85. The van der Waals surface area contributed by atoms with Crippen LogP contribution in [0.5, 0.6) is 0 Å². The molecule has 0 aromatic heterocycles. The Balaban J connectivity index is 4.50. The maximum Gasteiger partial charge on any atom is 0.199 e. The van der Waals surface area contributed by atoms with E-state index in [0.717, 1.165) is 6.92 Å². The minimum absolute atomic E-state index is 0.859. The fourth-order valence-corrected chi connectivity index (χ4v) is 0.849. The average molecular weight is 222 g/mol. The second-order valence-corrected chi connectivity index (χ2v) is 3.10. The van der Waals surface area contributed by atoms with Gasteiger partial charge in [0, 0.05) is 0 Å². The molecule has 0 aromatic carbocycles. The highest BCUT2D eigenvalue weighted by atomic mass is 16.4. The van der Waals surface area contributed by atoms with Crippen LogP contribution in [0.2, 0.25) is 0 Å². The third kappa shape index (κ3) is 3.65. The van der Waals surface area contributed by atoms with E-state index >= 15 is 0 Å². The van der Waals surface area contributed by atoms with Crippen LogP contribution in [0.4, 0.5) is 0 Å². The Kier molecular flexibility index (Phi) is 5.55. The molecule has 7 nitrogen and oxygen atoms in total. The lowest BCUT2D eigenvalue weighted by molar-refractivity contribution is -0.152. The molecule has 15 heavy (non-hydrogen) atoms. The maximum atomic E-state index is 11.1. The van der Waals surface area contributed by atoms with Crippen LogP contribution in [0.25, 0.3) is 0 Å². The highest BCUT2D eigenvalue weighted by Crippen LogP contribution is 2.04. The molecule has 0 radical (unpaired) electrons. The van der Waals surface area contributed by atoms with Crippen molar-refractivity contribution < 1.29 is 35.1 Å². The van der Waals surface area contributed by atoms with Gasteiger partial charge in [-0.2, -0.15) is 0 Å². The van der Waals surface area contributed by atoms with Gasteiger partial charge in [-0.05, 0) is 6.92 Å². The number of aliphatic hydroxyl groups is 5. The second-order valence-electron chi connectivity index (χ2n) is 3.10. The number of ketones is 2. The Labute approximate surface area is 85.6 Å². The fraction of sp³-hybridized carbons (Fsp3) is 0.750. The van der Waals surface area contributed by atoms with Gasteiger partial charge in [-0.15, -0.1) is 0 Å². The predicted molar refractivity (Wildman–Crippen MR) is 46.8 cm³/mol. The molecule has 0 aliphatic heterocycles. The summed E-state index contributed by atoms with van der Waals surface area (Å²) in [7, 11) is 0. The van der Waals surface area contributed by atoms with Gasteiger partial charge in [0.25, 0.3) is 0 Å². The van der Waals surface area contributed by atoms with E-state index in [1.54, 1.807) is 0 Å². The monoisotopic (exact) mass is 222 g/mol. The lowest BCUT2D eigenvalue weighted by atomic mass is 9.99. The first-order valence-electron chi connectivity index (χ1n) is 4.20. The quantitative estimate of drug-likeness (QED) is 0.295. The molecule has 5 N–H and O–H groups in total. The van der Waals surface area contributed by atoms with Gasteiger partial charge in [0.1, 0.15) is 18.3 Å². The van der Waals surface area contributed by atoms with Crippen LogP contribution in [0.15, 0.2) is 0 Å². The van der Waals surface area contributed by atoms with Gasteiger partial charge >= 0.3 is 0 Å². The maximum absolute atomic E-state index is 11.1. The molecule has 0 aromatic rings. The summed E-state index contributed by atoms with van der Waals surface area (Å²) in [4.78, 5) is 21.6. The van der Waals surface area contributed by atoms with E-state index in [1.807, 2.05) is 0 Å². The Hall–Kier alpha value is -0.860.